The third kappa shape index (κ3) is 2.70. The molecule has 1 aliphatic carbocycles. The Morgan fingerprint density at radius 1 is 1.00 bits per heavy atom. The summed E-state index contributed by atoms with van der Waals surface area (Å²) in [6, 6.07) is 13.3. The van der Waals surface area contributed by atoms with Gasteiger partial charge in [0.2, 0.25) is 11.8 Å². The molecule has 1 fully saturated rings. The lowest BCUT2D eigenvalue weighted by Crippen LogP contribution is -1.86. The van der Waals surface area contributed by atoms with Crippen LogP contribution in [0.3, 0.4) is 0 Å². The number of hydrogen-bond acceptors (Lipinski definition) is 4. The molecule has 110 valence electrons. The monoisotopic (exact) mass is 296 g/mol. The lowest BCUT2D eigenvalue weighted by Gasteiger charge is -2.06. The van der Waals surface area contributed by atoms with Crippen molar-refractivity contribution in [3.63, 3.8) is 0 Å². The number of nitrogens with zero attached hydrogens (tertiary/aromatic N) is 2. The summed E-state index contributed by atoms with van der Waals surface area (Å²) in [4.78, 5) is 0. The van der Waals surface area contributed by atoms with Crippen molar-refractivity contribution in [1.29, 1.82) is 0 Å². The maximum Gasteiger partial charge on any atom is 0.247 e. The molecule has 0 aliphatic heterocycles. The Morgan fingerprint density at radius 3 is 2.55 bits per heavy atom. The van der Waals surface area contributed by atoms with Gasteiger partial charge in [0.1, 0.15) is 17.3 Å². The lowest BCUT2D eigenvalue weighted by molar-refractivity contribution is 0.476. The molecular formula is C17H13FN2O2. The van der Waals surface area contributed by atoms with Gasteiger partial charge >= 0.3 is 0 Å². The van der Waals surface area contributed by atoms with Crippen molar-refractivity contribution in [2.75, 3.05) is 0 Å². The van der Waals surface area contributed by atoms with Gasteiger partial charge in [-0.25, -0.2) is 4.39 Å². The molecule has 4 rings (SSSR count). The van der Waals surface area contributed by atoms with Gasteiger partial charge in [-0.1, -0.05) is 12.1 Å². The average Bonchev–Trinajstić information content (AvgIpc) is 3.25. The Balaban J connectivity index is 1.59. The first kappa shape index (κ1) is 13.0. The predicted molar refractivity (Wildman–Crippen MR) is 78.2 cm³/mol. The molecule has 1 aliphatic rings. The summed E-state index contributed by atoms with van der Waals surface area (Å²) in [7, 11) is 0. The van der Waals surface area contributed by atoms with Crippen molar-refractivity contribution < 1.29 is 13.5 Å². The van der Waals surface area contributed by atoms with Crippen LogP contribution in [0.4, 0.5) is 4.39 Å². The van der Waals surface area contributed by atoms with E-state index in [9.17, 15) is 4.39 Å². The van der Waals surface area contributed by atoms with E-state index in [1.165, 1.54) is 12.1 Å². The fourth-order valence-corrected chi connectivity index (χ4v) is 2.21. The highest BCUT2D eigenvalue weighted by molar-refractivity contribution is 5.56. The smallest absolute Gasteiger partial charge is 0.247 e. The normalized spacial score (nSPS) is 14.0. The maximum absolute atomic E-state index is 13.2. The number of rotatable bonds is 4. The van der Waals surface area contributed by atoms with Crippen LogP contribution in [0.1, 0.15) is 24.7 Å². The molecule has 1 heterocycles. The molecule has 0 N–H and O–H groups in total. The zero-order chi connectivity index (χ0) is 14.9. The standard InChI is InChI=1S/C17H13FN2O2/c18-13-4-2-6-15(10-13)21-14-5-1-3-12(9-14)17-20-19-16(22-17)11-7-8-11/h1-6,9-11H,7-8H2. The first-order valence-corrected chi connectivity index (χ1v) is 7.15. The minimum atomic E-state index is -0.334. The molecule has 5 heteroatoms. The number of ether oxygens (including phenoxy) is 1. The first-order valence-electron chi connectivity index (χ1n) is 7.15. The van der Waals surface area contributed by atoms with Crippen LogP contribution in [0.15, 0.2) is 52.9 Å². The molecule has 0 spiro atoms. The van der Waals surface area contributed by atoms with E-state index >= 15 is 0 Å². The Kier molecular flexibility index (Phi) is 3.11. The van der Waals surface area contributed by atoms with E-state index in [0.29, 0.717) is 29.2 Å². The topological polar surface area (TPSA) is 48.2 Å². The highest BCUT2D eigenvalue weighted by Gasteiger charge is 2.29. The van der Waals surface area contributed by atoms with Crippen molar-refractivity contribution in [2.45, 2.75) is 18.8 Å². The fourth-order valence-electron chi connectivity index (χ4n) is 2.21. The number of hydrogen-bond donors (Lipinski definition) is 0. The van der Waals surface area contributed by atoms with Gasteiger partial charge in [0.05, 0.1) is 0 Å². The Hall–Kier alpha value is -2.69. The predicted octanol–water partition coefficient (Wildman–Crippen LogP) is 4.55. The van der Waals surface area contributed by atoms with E-state index in [2.05, 4.69) is 10.2 Å². The fraction of sp³-hybridized carbons (Fsp3) is 0.176. The molecule has 3 aromatic rings. The van der Waals surface area contributed by atoms with Gasteiger partial charge in [0.15, 0.2) is 0 Å². The lowest BCUT2D eigenvalue weighted by atomic mass is 10.2. The van der Waals surface area contributed by atoms with Gasteiger partial charge in [-0.05, 0) is 43.2 Å². The minimum absolute atomic E-state index is 0.334. The van der Waals surface area contributed by atoms with Crippen LogP contribution in [0.25, 0.3) is 11.5 Å². The molecular weight excluding hydrogens is 283 g/mol. The van der Waals surface area contributed by atoms with Crippen LogP contribution < -0.4 is 4.74 Å². The van der Waals surface area contributed by atoms with Gasteiger partial charge in [0.25, 0.3) is 0 Å². The highest BCUT2D eigenvalue weighted by atomic mass is 19.1. The van der Waals surface area contributed by atoms with Crippen molar-refractivity contribution in [1.82, 2.24) is 10.2 Å². The summed E-state index contributed by atoms with van der Waals surface area (Å²) in [5.74, 6) is 2.31. The molecule has 1 aromatic heterocycles. The summed E-state index contributed by atoms with van der Waals surface area (Å²) in [5, 5.41) is 8.15. The molecule has 0 radical (unpaired) electrons. The zero-order valence-corrected chi connectivity index (χ0v) is 11.7. The quantitative estimate of drug-likeness (QED) is 0.709. The maximum atomic E-state index is 13.2. The van der Waals surface area contributed by atoms with Gasteiger partial charge in [0, 0.05) is 17.5 Å². The Bertz CT molecular complexity index is 812. The molecule has 0 saturated heterocycles. The highest BCUT2D eigenvalue weighted by Crippen LogP contribution is 2.40. The van der Waals surface area contributed by atoms with E-state index in [1.54, 1.807) is 24.3 Å². The van der Waals surface area contributed by atoms with Crippen LogP contribution in [-0.4, -0.2) is 10.2 Å². The van der Waals surface area contributed by atoms with Crippen molar-refractivity contribution >= 4 is 0 Å². The van der Waals surface area contributed by atoms with E-state index in [4.69, 9.17) is 9.15 Å². The third-order valence-corrected chi connectivity index (χ3v) is 3.48. The van der Waals surface area contributed by atoms with Gasteiger partial charge in [-0.3, -0.25) is 0 Å². The van der Waals surface area contributed by atoms with Crippen LogP contribution in [-0.2, 0) is 0 Å². The molecule has 22 heavy (non-hydrogen) atoms. The average molecular weight is 296 g/mol. The van der Waals surface area contributed by atoms with Crippen molar-refractivity contribution in [3.8, 4) is 23.0 Å². The summed E-state index contributed by atoms with van der Waals surface area (Å²) >= 11 is 0. The summed E-state index contributed by atoms with van der Waals surface area (Å²) in [6.45, 7) is 0. The van der Waals surface area contributed by atoms with Crippen LogP contribution >= 0.6 is 0 Å². The molecule has 0 amide bonds. The molecule has 0 atom stereocenters. The van der Waals surface area contributed by atoms with Crippen LogP contribution in [0.2, 0.25) is 0 Å². The second kappa shape index (κ2) is 5.26. The van der Waals surface area contributed by atoms with E-state index in [-0.39, 0.29) is 5.82 Å². The van der Waals surface area contributed by atoms with E-state index in [1.807, 2.05) is 12.1 Å². The summed E-state index contributed by atoms with van der Waals surface area (Å²) < 4.78 is 24.5. The Morgan fingerprint density at radius 2 is 1.77 bits per heavy atom. The van der Waals surface area contributed by atoms with Crippen molar-refractivity contribution in [2.24, 2.45) is 0 Å². The van der Waals surface area contributed by atoms with Gasteiger partial charge < -0.3 is 9.15 Å². The second-order valence-electron chi connectivity index (χ2n) is 5.31. The number of aromatic nitrogens is 2. The molecule has 2 aromatic carbocycles. The van der Waals surface area contributed by atoms with Crippen LogP contribution in [0.5, 0.6) is 11.5 Å². The number of halogens is 1. The van der Waals surface area contributed by atoms with Crippen molar-refractivity contribution in [3.05, 3.63) is 60.2 Å². The summed E-state index contributed by atoms with van der Waals surface area (Å²) in [5.41, 5.74) is 0.785. The molecule has 1 saturated carbocycles. The SMILES string of the molecule is Fc1cccc(Oc2cccc(-c3nnc(C4CC4)o3)c2)c1. The molecule has 0 unspecified atom stereocenters. The molecule has 4 nitrogen and oxygen atoms in total. The molecule has 0 bridgehead atoms. The van der Waals surface area contributed by atoms with Crippen LogP contribution in [0, 0.1) is 5.82 Å². The van der Waals surface area contributed by atoms with Gasteiger partial charge in [-0.2, -0.15) is 0 Å². The minimum Gasteiger partial charge on any atom is -0.457 e. The second-order valence-corrected chi connectivity index (χ2v) is 5.31. The third-order valence-electron chi connectivity index (χ3n) is 3.48. The van der Waals surface area contributed by atoms with E-state index in [0.717, 1.165) is 18.4 Å². The largest absolute Gasteiger partial charge is 0.457 e. The number of benzene rings is 2. The summed E-state index contributed by atoms with van der Waals surface area (Å²) in [6.07, 6.45) is 2.23. The van der Waals surface area contributed by atoms with Gasteiger partial charge in [-0.15, -0.1) is 10.2 Å². The van der Waals surface area contributed by atoms with E-state index < -0.39 is 0 Å². The zero-order valence-electron chi connectivity index (χ0n) is 11.7. The first-order chi connectivity index (χ1) is 10.8. The Labute approximate surface area is 126 Å².